The van der Waals surface area contributed by atoms with Crippen LogP contribution in [0.3, 0.4) is 0 Å². The number of unbranched alkanes of at least 4 members (excludes halogenated alkanes) is 2. The van der Waals surface area contributed by atoms with Crippen molar-refractivity contribution in [2.75, 3.05) is 13.2 Å². The van der Waals surface area contributed by atoms with Gasteiger partial charge in [-0.25, -0.2) is 8.78 Å². The molecule has 1 aliphatic rings. The summed E-state index contributed by atoms with van der Waals surface area (Å²) >= 11 is 6.30. The Kier molecular flexibility index (Phi) is 22.6. The second-order valence-electron chi connectivity index (χ2n) is 13.5. The molecule has 1 aliphatic heterocycles. The van der Waals surface area contributed by atoms with Crippen LogP contribution in [0.25, 0.3) is 32.7 Å². The molecule has 0 bridgehead atoms. The van der Waals surface area contributed by atoms with E-state index in [4.69, 9.17) is 19.4 Å². The number of thiophene rings is 2. The summed E-state index contributed by atoms with van der Waals surface area (Å²) < 4.78 is 38.0. The van der Waals surface area contributed by atoms with Gasteiger partial charge in [-0.05, 0) is 139 Å². The standard InChI is InChI=1S/C21H21FS.C13H10BrF.C8H13BO3S.C4H8O.Na/c1-3-4-5-18-11-13-21(23-18)19-12-10-17(14-20(19)22)16-8-6-15(2)7-9-16;1-9-2-4-10(5-3-9)11-6-7-12(14)13(15)8-11;1-2-3-4-7-5-6-8(13-7)12-9(10)11;1-2-4-5-3-1;/h6-14H,3-5H2,1-2H3;2-8H,1H3;5-6,10-11H,2-4H2,1H3;1-4H2;/q;;;;+1. The van der Waals surface area contributed by atoms with Crippen LogP contribution in [0, 0.1) is 25.5 Å². The fraction of sp³-hybridized carbons (Fsp3) is 0.304. The topological polar surface area (TPSA) is 58.9 Å². The van der Waals surface area contributed by atoms with E-state index in [1.54, 1.807) is 29.5 Å². The van der Waals surface area contributed by atoms with Crippen molar-refractivity contribution in [1.82, 2.24) is 0 Å². The molecule has 0 atom stereocenters. The van der Waals surface area contributed by atoms with Crippen molar-refractivity contribution in [1.29, 1.82) is 0 Å². The van der Waals surface area contributed by atoms with Gasteiger partial charge in [0.25, 0.3) is 0 Å². The second kappa shape index (κ2) is 26.5. The number of hydrogen-bond donors (Lipinski definition) is 2. The quantitative estimate of drug-likeness (QED) is 0.127. The molecule has 296 valence electrons. The maximum Gasteiger partial charge on any atom is 1.00 e. The normalized spacial score (nSPS) is 11.5. The molecule has 6 aromatic rings. The molecule has 0 aliphatic carbocycles. The largest absolute Gasteiger partial charge is 1.00 e. The van der Waals surface area contributed by atoms with Crippen molar-refractivity contribution in [3.8, 4) is 37.8 Å². The number of halogens is 3. The van der Waals surface area contributed by atoms with E-state index in [-0.39, 0.29) is 41.2 Å². The first kappa shape index (κ1) is 48.7. The molecule has 4 nitrogen and oxygen atoms in total. The molecule has 0 unspecified atom stereocenters. The molecular weight excluding hydrogens is 832 g/mol. The maximum atomic E-state index is 14.6. The van der Waals surface area contributed by atoms with E-state index in [2.05, 4.69) is 54.9 Å². The molecule has 7 rings (SSSR count). The van der Waals surface area contributed by atoms with Crippen molar-refractivity contribution in [3.05, 3.63) is 146 Å². The first-order valence-electron chi connectivity index (χ1n) is 19.2. The average molecular weight is 885 g/mol. The summed E-state index contributed by atoms with van der Waals surface area (Å²) in [6.45, 7) is 10.4. The Bertz CT molecular complexity index is 2030. The molecule has 2 aromatic heterocycles. The fourth-order valence-electron chi connectivity index (χ4n) is 5.59. The summed E-state index contributed by atoms with van der Waals surface area (Å²) in [6, 6.07) is 34.8. The Hall–Kier alpha value is -2.64. The first-order valence-corrected chi connectivity index (χ1v) is 21.7. The zero-order valence-corrected chi connectivity index (χ0v) is 38.9. The summed E-state index contributed by atoms with van der Waals surface area (Å²) in [5.41, 5.74) is 7.03. The van der Waals surface area contributed by atoms with Crippen LogP contribution in [0.4, 0.5) is 8.78 Å². The molecule has 0 amide bonds. The molecule has 1 saturated heterocycles. The van der Waals surface area contributed by atoms with E-state index in [9.17, 15) is 8.78 Å². The number of hydrogen-bond acceptors (Lipinski definition) is 6. The Morgan fingerprint density at radius 1 is 0.649 bits per heavy atom. The minimum atomic E-state index is -1.71. The fourth-order valence-corrected chi connectivity index (χ4v) is 7.83. The molecule has 11 heteroatoms. The SMILES string of the molecule is C1CCOC1.CCCCc1ccc(-c2ccc(-c3ccc(C)cc3)cc2F)s1.CCCCc1ccc(OB(O)O)s1.Cc1ccc(-c2ccc(Br)c(F)c2)cc1.[Na+]. The van der Waals surface area contributed by atoms with Crippen LogP contribution in [0.1, 0.15) is 73.3 Å². The van der Waals surface area contributed by atoms with Crippen molar-refractivity contribution in [2.24, 2.45) is 0 Å². The van der Waals surface area contributed by atoms with Crippen LogP contribution in [0.2, 0.25) is 0 Å². The van der Waals surface area contributed by atoms with Crippen molar-refractivity contribution in [3.63, 3.8) is 0 Å². The van der Waals surface area contributed by atoms with Gasteiger partial charge in [0.2, 0.25) is 0 Å². The number of benzene rings is 4. The van der Waals surface area contributed by atoms with E-state index in [0.717, 1.165) is 66.0 Å². The second-order valence-corrected chi connectivity index (χ2v) is 16.7. The zero-order chi connectivity index (χ0) is 40.3. The monoisotopic (exact) mass is 883 g/mol. The summed E-state index contributed by atoms with van der Waals surface area (Å²) in [7, 11) is -1.71. The van der Waals surface area contributed by atoms with Gasteiger partial charge in [-0.3, -0.25) is 0 Å². The minimum Gasteiger partial charge on any atom is -0.504 e. The average Bonchev–Trinajstić information content (AvgIpc) is 4.01. The van der Waals surface area contributed by atoms with Gasteiger partial charge in [-0.2, -0.15) is 0 Å². The molecule has 0 radical (unpaired) electrons. The van der Waals surface area contributed by atoms with Crippen LogP contribution in [-0.2, 0) is 17.6 Å². The summed E-state index contributed by atoms with van der Waals surface area (Å²) in [5, 5.41) is 17.6. The van der Waals surface area contributed by atoms with Crippen molar-refractivity contribution >= 4 is 45.9 Å². The Balaban J connectivity index is 0.000000222. The van der Waals surface area contributed by atoms with Crippen LogP contribution in [0.5, 0.6) is 5.06 Å². The van der Waals surface area contributed by atoms with Crippen molar-refractivity contribution in [2.45, 2.75) is 79.1 Å². The van der Waals surface area contributed by atoms with E-state index >= 15 is 0 Å². The summed E-state index contributed by atoms with van der Waals surface area (Å²) in [4.78, 5) is 3.57. The zero-order valence-electron chi connectivity index (χ0n) is 33.7. The van der Waals surface area contributed by atoms with Crippen molar-refractivity contribution < 1.29 is 57.8 Å². The molecule has 3 heterocycles. The third-order valence-corrected chi connectivity index (χ3v) is 11.7. The Morgan fingerprint density at radius 3 is 1.61 bits per heavy atom. The van der Waals surface area contributed by atoms with E-state index in [1.165, 1.54) is 64.0 Å². The molecule has 0 spiro atoms. The van der Waals surface area contributed by atoms with Crippen LogP contribution < -0.4 is 34.2 Å². The third kappa shape index (κ3) is 17.2. The van der Waals surface area contributed by atoms with Gasteiger partial charge >= 0.3 is 36.9 Å². The van der Waals surface area contributed by atoms with Crippen LogP contribution >= 0.6 is 38.6 Å². The molecule has 1 fully saturated rings. The minimum absolute atomic E-state index is 0. The van der Waals surface area contributed by atoms with Gasteiger partial charge in [-0.15, -0.1) is 22.7 Å². The first-order chi connectivity index (χ1) is 27.1. The summed E-state index contributed by atoms with van der Waals surface area (Å²) in [5.74, 6) is -0.375. The van der Waals surface area contributed by atoms with E-state index in [1.807, 2.05) is 73.7 Å². The number of aryl methyl sites for hydroxylation is 4. The Labute approximate surface area is 376 Å². The van der Waals surface area contributed by atoms with Crippen LogP contribution in [0.15, 0.2) is 114 Å². The van der Waals surface area contributed by atoms with Crippen LogP contribution in [-0.4, -0.2) is 30.6 Å². The maximum absolute atomic E-state index is 14.6. The van der Waals surface area contributed by atoms with Gasteiger partial charge in [0.05, 0.1) is 4.47 Å². The molecule has 57 heavy (non-hydrogen) atoms. The molecule has 2 N–H and O–H groups in total. The third-order valence-electron chi connectivity index (χ3n) is 8.82. The summed E-state index contributed by atoms with van der Waals surface area (Å²) in [6.07, 6.45) is 9.37. The predicted octanol–water partition coefficient (Wildman–Crippen LogP) is 10.7. The Morgan fingerprint density at radius 2 is 1.14 bits per heavy atom. The van der Waals surface area contributed by atoms with E-state index in [0.29, 0.717) is 15.1 Å². The van der Waals surface area contributed by atoms with Gasteiger partial charge in [0.1, 0.15) is 11.6 Å². The number of rotatable bonds is 11. The van der Waals surface area contributed by atoms with Gasteiger partial charge < -0.3 is 19.4 Å². The smallest absolute Gasteiger partial charge is 0.504 e. The predicted molar refractivity (Wildman–Crippen MR) is 237 cm³/mol. The molecule has 4 aromatic carbocycles. The van der Waals surface area contributed by atoms with Gasteiger partial charge in [0, 0.05) is 33.4 Å². The molecular formula is C46H52BBrF2NaO4S2+. The van der Waals surface area contributed by atoms with Gasteiger partial charge in [-0.1, -0.05) is 98.5 Å². The van der Waals surface area contributed by atoms with E-state index < -0.39 is 7.32 Å². The number of ether oxygens (including phenoxy) is 1. The van der Waals surface area contributed by atoms with Gasteiger partial charge in [0.15, 0.2) is 5.06 Å². The molecule has 0 saturated carbocycles.